The van der Waals surface area contributed by atoms with Crippen molar-refractivity contribution >= 4 is 11.6 Å². The zero-order valence-corrected chi connectivity index (χ0v) is 19.0. The average Bonchev–Trinajstić information content (AvgIpc) is 3.39. The number of nitrogens with zero attached hydrogens (tertiary/aromatic N) is 3. The Hall–Kier alpha value is -4.73. The van der Waals surface area contributed by atoms with Gasteiger partial charge in [-0.2, -0.15) is 4.98 Å². The van der Waals surface area contributed by atoms with E-state index in [9.17, 15) is 14.9 Å². The topological polar surface area (TPSA) is 130 Å². The van der Waals surface area contributed by atoms with Crippen molar-refractivity contribution in [2.75, 3.05) is 14.2 Å². The standard InChI is InChI=1S/C25H22N4O6/c1-33-21-12-11-17(15-22(21)34-2)23-27-25(35-28-23)20(13-16-7-4-3-5-8-16)26-24(30)18-9-6-10-19(14-18)29(31)32/h3-12,14-15,20H,13H2,1-2H3,(H,26,30). The van der Waals surface area contributed by atoms with Crippen LogP contribution in [0, 0.1) is 10.1 Å². The van der Waals surface area contributed by atoms with Crippen LogP contribution in [0.15, 0.2) is 77.3 Å². The summed E-state index contributed by atoms with van der Waals surface area (Å²) in [6.45, 7) is 0. The lowest BCUT2D eigenvalue weighted by Gasteiger charge is -2.15. The number of nitro groups is 1. The Kier molecular flexibility index (Phi) is 7.01. The first kappa shape index (κ1) is 23.4. The van der Waals surface area contributed by atoms with Crippen LogP contribution in [0.4, 0.5) is 5.69 Å². The van der Waals surface area contributed by atoms with Crippen LogP contribution in [-0.2, 0) is 6.42 Å². The molecule has 0 fully saturated rings. The number of carbonyl (C=O) groups excluding carboxylic acids is 1. The first-order chi connectivity index (χ1) is 17.0. The van der Waals surface area contributed by atoms with E-state index in [1.807, 2.05) is 30.3 Å². The van der Waals surface area contributed by atoms with Gasteiger partial charge in [-0.1, -0.05) is 41.6 Å². The molecule has 1 unspecified atom stereocenters. The van der Waals surface area contributed by atoms with Crippen molar-refractivity contribution in [3.05, 3.63) is 99.9 Å². The molecule has 35 heavy (non-hydrogen) atoms. The Balaban J connectivity index is 1.64. The number of rotatable bonds is 9. The average molecular weight is 474 g/mol. The monoisotopic (exact) mass is 474 g/mol. The molecule has 0 radical (unpaired) electrons. The lowest BCUT2D eigenvalue weighted by molar-refractivity contribution is -0.384. The first-order valence-electron chi connectivity index (χ1n) is 10.6. The summed E-state index contributed by atoms with van der Waals surface area (Å²) in [6.07, 6.45) is 0.370. The molecule has 0 saturated heterocycles. The highest BCUT2D eigenvalue weighted by Gasteiger charge is 2.24. The minimum absolute atomic E-state index is 0.150. The fourth-order valence-corrected chi connectivity index (χ4v) is 3.52. The molecular formula is C25H22N4O6. The number of nitrogens with one attached hydrogen (secondary N) is 1. The van der Waals surface area contributed by atoms with Gasteiger partial charge in [-0.15, -0.1) is 0 Å². The van der Waals surface area contributed by atoms with E-state index >= 15 is 0 Å². The molecule has 1 N–H and O–H groups in total. The molecule has 0 spiro atoms. The molecule has 0 saturated carbocycles. The second-order valence-electron chi connectivity index (χ2n) is 7.55. The summed E-state index contributed by atoms with van der Waals surface area (Å²) in [5.74, 6) is 1.07. The number of nitro benzene ring substituents is 1. The summed E-state index contributed by atoms with van der Waals surface area (Å²) in [4.78, 5) is 28.0. The maximum Gasteiger partial charge on any atom is 0.270 e. The van der Waals surface area contributed by atoms with Crippen LogP contribution in [0.3, 0.4) is 0 Å². The molecule has 10 nitrogen and oxygen atoms in total. The van der Waals surface area contributed by atoms with Gasteiger partial charge in [-0.05, 0) is 29.8 Å². The van der Waals surface area contributed by atoms with Gasteiger partial charge < -0.3 is 19.3 Å². The smallest absolute Gasteiger partial charge is 0.270 e. The SMILES string of the molecule is COc1ccc(-c2noc(C(Cc3ccccc3)NC(=O)c3cccc([N+](=O)[O-])c3)n2)cc1OC. The summed E-state index contributed by atoms with van der Waals surface area (Å²) in [5, 5.41) is 18.0. The van der Waals surface area contributed by atoms with E-state index in [0.717, 1.165) is 5.56 Å². The van der Waals surface area contributed by atoms with Crippen molar-refractivity contribution in [3.63, 3.8) is 0 Å². The molecule has 10 heteroatoms. The van der Waals surface area contributed by atoms with Crippen molar-refractivity contribution in [1.82, 2.24) is 15.5 Å². The number of hydrogen-bond acceptors (Lipinski definition) is 8. The summed E-state index contributed by atoms with van der Waals surface area (Å²) >= 11 is 0. The van der Waals surface area contributed by atoms with Gasteiger partial charge in [0.05, 0.1) is 19.1 Å². The molecule has 178 valence electrons. The number of methoxy groups -OCH3 is 2. The highest BCUT2D eigenvalue weighted by Crippen LogP contribution is 2.32. The molecule has 1 heterocycles. The van der Waals surface area contributed by atoms with Crippen LogP contribution in [-0.4, -0.2) is 35.2 Å². The second kappa shape index (κ2) is 10.5. The summed E-state index contributed by atoms with van der Waals surface area (Å²) in [5.41, 5.74) is 1.55. The quantitative estimate of drug-likeness (QED) is 0.279. The molecule has 1 atom stereocenters. The zero-order chi connectivity index (χ0) is 24.8. The Morgan fingerprint density at radius 3 is 2.51 bits per heavy atom. The van der Waals surface area contributed by atoms with Crippen molar-refractivity contribution in [2.24, 2.45) is 0 Å². The Bertz CT molecular complexity index is 1340. The van der Waals surface area contributed by atoms with Crippen molar-refractivity contribution < 1.29 is 23.7 Å². The fourth-order valence-electron chi connectivity index (χ4n) is 3.52. The van der Waals surface area contributed by atoms with Crippen molar-refractivity contribution in [3.8, 4) is 22.9 Å². The highest BCUT2D eigenvalue weighted by molar-refractivity contribution is 5.95. The van der Waals surface area contributed by atoms with E-state index in [-0.39, 0.29) is 17.1 Å². The largest absolute Gasteiger partial charge is 0.493 e. The maximum absolute atomic E-state index is 13.0. The van der Waals surface area contributed by atoms with E-state index in [0.29, 0.717) is 29.3 Å². The van der Waals surface area contributed by atoms with Gasteiger partial charge in [0.15, 0.2) is 11.5 Å². The zero-order valence-electron chi connectivity index (χ0n) is 19.0. The van der Waals surface area contributed by atoms with Crippen molar-refractivity contribution in [1.29, 1.82) is 0 Å². The number of amides is 1. The molecule has 0 bridgehead atoms. The van der Waals surface area contributed by atoms with Crippen LogP contribution >= 0.6 is 0 Å². The van der Waals surface area contributed by atoms with E-state index in [2.05, 4.69) is 15.5 Å². The normalized spacial score (nSPS) is 11.5. The van der Waals surface area contributed by atoms with Crippen LogP contribution in [0.2, 0.25) is 0 Å². The molecule has 1 amide bonds. The number of aromatic nitrogens is 2. The van der Waals surface area contributed by atoms with Gasteiger partial charge in [-0.3, -0.25) is 14.9 Å². The van der Waals surface area contributed by atoms with Crippen LogP contribution in [0.5, 0.6) is 11.5 Å². The number of benzene rings is 3. The van der Waals surface area contributed by atoms with E-state index < -0.39 is 16.9 Å². The number of carbonyl (C=O) groups is 1. The van der Waals surface area contributed by atoms with Crippen LogP contribution in [0.25, 0.3) is 11.4 Å². The Morgan fingerprint density at radius 1 is 1.03 bits per heavy atom. The van der Waals surface area contributed by atoms with Crippen molar-refractivity contribution in [2.45, 2.75) is 12.5 Å². The molecule has 4 aromatic rings. The molecule has 0 aliphatic rings. The molecular weight excluding hydrogens is 452 g/mol. The summed E-state index contributed by atoms with van der Waals surface area (Å²) in [6, 6.07) is 19.6. The third-order valence-corrected chi connectivity index (χ3v) is 5.29. The predicted molar refractivity (Wildman–Crippen MR) is 126 cm³/mol. The van der Waals surface area contributed by atoms with Gasteiger partial charge in [0.1, 0.15) is 6.04 Å². The first-order valence-corrected chi connectivity index (χ1v) is 10.6. The van der Waals surface area contributed by atoms with Gasteiger partial charge in [-0.25, -0.2) is 0 Å². The Morgan fingerprint density at radius 2 is 1.80 bits per heavy atom. The minimum Gasteiger partial charge on any atom is -0.493 e. The van der Waals surface area contributed by atoms with E-state index in [1.54, 1.807) is 25.3 Å². The summed E-state index contributed by atoms with van der Waals surface area (Å²) in [7, 11) is 3.07. The predicted octanol–water partition coefficient (Wildman–Crippen LogP) is 4.38. The molecule has 0 aliphatic carbocycles. The van der Waals surface area contributed by atoms with Gasteiger partial charge in [0, 0.05) is 29.7 Å². The number of hydrogen-bond donors (Lipinski definition) is 1. The number of non-ortho nitro benzene ring substituents is 1. The minimum atomic E-state index is -0.675. The second-order valence-corrected chi connectivity index (χ2v) is 7.55. The van der Waals surface area contributed by atoms with Crippen LogP contribution < -0.4 is 14.8 Å². The fraction of sp³-hybridized carbons (Fsp3) is 0.160. The van der Waals surface area contributed by atoms with Gasteiger partial charge >= 0.3 is 0 Å². The lowest BCUT2D eigenvalue weighted by Crippen LogP contribution is -2.30. The maximum atomic E-state index is 13.0. The van der Waals surface area contributed by atoms with E-state index in [1.165, 1.54) is 31.4 Å². The highest BCUT2D eigenvalue weighted by atomic mass is 16.6. The van der Waals surface area contributed by atoms with Gasteiger partial charge in [0.25, 0.3) is 11.6 Å². The van der Waals surface area contributed by atoms with E-state index in [4.69, 9.17) is 14.0 Å². The lowest BCUT2D eigenvalue weighted by atomic mass is 10.0. The molecule has 3 aromatic carbocycles. The van der Waals surface area contributed by atoms with Gasteiger partial charge in [0.2, 0.25) is 11.7 Å². The third-order valence-electron chi connectivity index (χ3n) is 5.29. The molecule has 0 aliphatic heterocycles. The third kappa shape index (κ3) is 5.44. The Labute approximate surface area is 200 Å². The molecule has 4 rings (SSSR count). The van der Waals surface area contributed by atoms with Crippen LogP contribution in [0.1, 0.15) is 27.9 Å². The summed E-state index contributed by atoms with van der Waals surface area (Å²) < 4.78 is 16.1. The molecule has 1 aromatic heterocycles. The number of ether oxygens (including phenoxy) is 2.